The van der Waals surface area contributed by atoms with Gasteiger partial charge in [-0.25, -0.2) is 0 Å². The van der Waals surface area contributed by atoms with Crippen LogP contribution in [0.15, 0.2) is 24.4 Å². The number of carbonyl (C=O) groups is 4. The van der Waals surface area contributed by atoms with Gasteiger partial charge in [-0.3, -0.25) is 24.5 Å². The van der Waals surface area contributed by atoms with Gasteiger partial charge in [0.1, 0.15) is 0 Å². The van der Waals surface area contributed by atoms with Crippen LogP contribution in [0, 0.1) is 11.8 Å². The number of ketones is 1. The summed E-state index contributed by atoms with van der Waals surface area (Å²) in [6.45, 7) is 1.75. The molecule has 30 heavy (non-hydrogen) atoms. The number of imide groups is 1. The normalized spacial score (nSPS) is 17.7. The number of H-pyrrole nitrogens is 1. The maximum atomic E-state index is 13.1. The lowest BCUT2D eigenvalue weighted by atomic mass is 9.81. The van der Waals surface area contributed by atoms with Gasteiger partial charge >= 0.3 is 5.97 Å². The van der Waals surface area contributed by atoms with E-state index in [4.69, 9.17) is 5.11 Å². The van der Waals surface area contributed by atoms with Crippen LogP contribution in [0.5, 0.6) is 0 Å². The van der Waals surface area contributed by atoms with E-state index in [1.54, 1.807) is 6.92 Å². The van der Waals surface area contributed by atoms with Crippen molar-refractivity contribution in [1.29, 1.82) is 0 Å². The van der Waals surface area contributed by atoms with Crippen LogP contribution in [0.4, 0.5) is 0 Å². The van der Waals surface area contributed by atoms with Crippen LogP contribution in [-0.4, -0.2) is 33.7 Å². The number of carboxylic acid groups (broad SMARTS) is 1. The monoisotopic (exact) mass is 412 g/mol. The molecule has 7 heteroatoms. The molecule has 2 heterocycles. The number of Topliss-reactive ketones (excluding diaryl/α,β-unsaturated/α-hetero) is 1. The molecule has 0 spiro atoms. The Hall–Kier alpha value is -2.96. The van der Waals surface area contributed by atoms with E-state index in [0.717, 1.165) is 42.1 Å². The lowest BCUT2D eigenvalue weighted by Gasteiger charge is -2.25. The highest BCUT2D eigenvalue weighted by molar-refractivity contribution is 6.10. The van der Waals surface area contributed by atoms with E-state index in [-0.39, 0.29) is 30.4 Å². The van der Waals surface area contributed by atoms with Crippen LogP contribution in [0.25, 0.3) is 10.9 Å². The Kier molecular flexibility index (Phi) is 7.03. The number of aromatic nitrogens is 1. The zero-order chi connectivity index (χ0) is 21.7. The summed E-state index contributed by atoms with van der Waals surface area (Å²) in [5.41, 5.74) is 2.50. The number of benzene rings is 1. The van der Waals surface area contributed by atoms with Gasteiger partial charge in [-0.2, -0.15) is 0 Å². The molecule has 160 valence electrons. The molecule has 0 saturated carbocycles. The van der Waals surface area contributed by atoms with Crippen molar-refractivity contribution in [3.8, 4) is 0 Å². The van der Waals surface area contributed by atoms with Gasteiger partial charge in [-0.05, 0) is 43.4 Å². The van der Waals surface area contributed by atoms with Gasteiger partial charge in [0.2, 0.25) is 11.8 Å². The van der Waals surface area contributed by atoms with Crippen molar-refractivity contribution in [2.45, 2.75) is 58.3 Å². The van der Waals surface area contributed by atoms with Gasteiger partial charge in [0.05, 0.1) is 5.52 Å². The largest absolute Gasteiger partial charge is 0.481 e. The fourth-order valence-corrected chi connectivity index (χ4v) is 4.20. The molecule has 1 saturated heterocycles. The smallest absolute Gasteiger partial charge is 0.303 e. The van der Waals surface area contributed by atoms with E-state index in [1.165, 1.54) is 0 Å². The molecule has 0 aliphatic carbocycles. The molecule has 3 rings (SSSR count). The molecule has 1 aromatic heterocycles. The Morgan fingerprint density at radius 1 is 1.13 bits per heavy atom. The van der Waals surface area contributed by atoms with E-state index in [1.807, 2.05) is 24.4 Å². The summed E-state index contributed by atoms with van der Waals surface area (Å²) in [6, 6.07) is 5.75. The molecule has 0 bridgehead atoms. The number of amides is 2. The summed E-state index contributed by atoms with van der Waals surface area (Å²) in [4.78, 5) is 50.4. The standard InChI is InChI=1S/C23H28N2O5/c1-14(16-10-11-19(26)25-23(16)30)22(29)18-9-8-15(17-12-13-24-21(17)18)6-4-2-3-5-7-20(27)28/h8-9,12-14,16,24H,2-7,10-11H2,1H3,(H,27,28)(H,25,26,30). The zero-order valence-corrected chi connectivity index (χ0v) is 17.2. The first kappa shape index (κ1) is 21.7. The molecule has 0 radical (unpaired) electrons. The number of carbonyl (C=O) groups excluding carboxylic acids is 3. The molecular weight excluding hydrogens is 384 g/mol. The molecule has 1 fully saturated rings. The van der Waals surface area contributed by atoms with E-state index >= 15 is 0 Å². The first-order valence-corrected chi connectivity index (χ1v) is 10.6. The molecule has 3 N–H and O–H groups in total. The Labute approximate surface area is 175 Å². The number of fused-ring (bicyclic) bond motifs is 1. The van der Waals surface area contributed by atoms with Crippen molar-refractivity contribution in [3.05, 3.63) is 35.5 Å². The van der Waals surface area contributed by atoms with Gasteiger partial charge in [0, 0.05) is 41.8 Å². The third-order valence-electron chi connectivity index (χ3n) is 5.96. The van der Waals surface area contributed by atoms with E-state index in [2.05, 4.69) is 10.3 Å². The number of hydrogen-bond acceptors (Lipinski definition) is 4. The molecule has 1 aliphatic rings. The predicted octanol–water partition coefficient (Wildman–Crippen LogP) is 3.62. The molecule has 2 unspecified atom stereocenters. The quantitative estimate of drug-likeness (QED) is 0.313. The highest BCUT2D eigenvalue weighted by Crippen LogP contribution is 2.29. The Morgan fingerprint density at radius 2 is 1.90 bits per heavy atom. The number of aliphatic carboxylic acids is 1. The number of carboxylic acids is 1. The maximum absolute atomic E-state index is 13.1. The van der Waals surface area contributed by atoms with E-state index in [9.17, 15) is 19.2 Å². The van der Waals surface area contributed by atoms with Crippen molar-refractivity contribution in [3.63, 3.8) is 0 Å². The molecule has 7 nitrogen and oxygen atoms in total. The van der Waals surface area contributed by atoms with Crippen molar-refractivity contribution in [2.75, 3.05) is 0 Å². The Morgan fingerprint density at radius 3 is 2.63 bits per heavy atom. The Balaban J connectivity index is 1.67. The second-order valence-corrected chi connectivity index (χ2v) is 8.06. The first-order chi connectivity index (χ1) is 14.4. The van der Waals surface area contributed by atoms with Gasteiger partial charge in [-0.15, -0.1) is 0 Å². The minimum absolute atomic E-state index is 0.0998. The van der Waals surface area contributed by atoms with E-state index < -0.39 is 17.8 Å². The van der Waals surface area contributed by atoms with Gasteiger partial charge in [-0.1, -0.05) is 25.8 Å². The molecule has 1 aliphatic heterocycles. The summed E-state index contributed by atoms with van der Waals surface area (Å²) >= 11 is 0. The molecule has 1 aromatic carbocycles. The summed E-state index contributed by atoms with van der Waals surface area (Å²) in [6.07, 6.45) is 7.05. The van der Waals surface area contributed by atoms with Gasteiger partial charge in [0.15, 0.2) is 5.78 Å². The summed E-state index contributed by atoms with van der Waals surface area (Å²) in [7, 11) is 0. The lowest BCUT2D eigenvalue weighted by Crippen LogP contribution is -2.44. The van der Waals surface area contributed by atoms with Crippen LogP contribution in [0.3, 0.4) is 0 Å². The highest BCUT2D eigenvalue weighted by Gasteiger charge is 2.35. The minimum atomic E-state index is -0.754. The number of piperidine rings is 1. The van der Waals surface area contributed by atoms with Gasteiger partial charge < -0.3 is 10.1 Å². The minimum Gasteiger partial charge on any atom is -0.481 e. The third kappa shape index (κ3) is 4.96. The van der Waals surface area contributed by atoms with Crippen LogP contribution in [0.1, 0.15) is 67.8 Å². The average molecular weight is 412 g/mol. The van der Waals surface area contributed by atoms with Crippen LogP contribution in [0.2, 0.25) is 0 Å². The number of aryl methyl sites for hydroxylation is 1. The third-order valence-corrected chi connectivity index (χ3v) is 5.96. The fourth-order valence-electron chi connectivity index (χ4n) is 4.20. The second-order valence-electron chi connectivity index (χ2n) is 8.06. The van der Waals surface area contributed by atoms with Crippen LogP contribution < -0.4 is 5.32 Å². The number of aromatic amines is 1. The van der Waals surface area contributed by atoms with Crippen molar-refractivity contribution < 1.29 is 24.3 Å². The molecule has 2 amide bonds. The maximum Gasteiger partial charge on any atom is 0.303 e. The van der Waals surface area contributed by atoms with Crippen molar-refractivity contribution in [2.24, 2.45) is 11.8 Å². The predicted molar refractivity (Wildman–Crippen MR) is 112 cm³/mol. The molecule has 2 aromatic rings. The SMILES string of the molecule is CC(C(=O)c1ccc(CCCCCCC(=O)O)c2cc[nH]c12)C1CCC(=O)NC1=O. The topological polar surface area (TPSA) is 116 Å². The van der Waals surface area contributed by atoms with Crippen molar-refractivity contribution in [1.82, 2.24) is 10.3 Å². The number of nitrogens with one attached hydrogen (secondary N) is 2. The zero-order valence-electron chi connectivity index (χ0n) is 17.2. The summed E-state index contributed by atoms with van der Waals surface area (Å²) in [5.74, 6) is -2.51. The fraction of sp³-hybridized carbons (Fsp3) is 0.478. The number of unbranched alkanes of at least 4 members (excludes halogenated alkanes) is 3. The highest BCUT2D eigenvalue weighted by atomic mass is 16.4. The van der Waals surface area contributed by atoms with Crippen molar-refractivity contribution >= 4 is 34.5 Å². The van der Waals surface area contributed by atoms with E-state index in [0.29, 0.717) is 18.4 Å². The Bertz CT molecular complexity index is 962. The van der Waals surface area contributed by atoms with Crippen LogP contribution >= 0.6 is 0 Å². The van der Waals surface area contributed by atoms with Crippen LogP contribution in [-0.2, 0) is 20.8 Å². The molecule has 2 atom stereocenters. The average Bonchev–Trinajstić information content (AvgIpc) is 3.19. The second kappa shape index (κ2) is 9.69. The number of rotatable bonds is 10. The summed E-state index contributed by atoms with van der Waals surface area (Å²) < 4.78 is 0. The summed E-state index contributed by atoms with van der Waals surface area (Å²) in [5, 5.41) is 12.0. The number of hydrogen-bond donors (Lipinski definition) is 3. The first-order valence-electron chi connectivity index (χ1n) is 10.6. The van der Waals surface area contributed by atoms with Gasteiger partial charge in [0.25, 0.3) is 0 Å². The lowest BCUT2D eigenvalue weighted by molar-refractivity contribution is -0.138. The molecular formula is C23H28N2O5.